The van der Waals surface area contributed by atoms with E-state index in [2.05, 4.69) is 27.7 Å². The molecule has 0 atom stereocenters. The van der Waals surface area contributed by atoms with Gasteiger partial charge in [-0.1, -0.05) is 143 Å². The SMILES string of the molecule is CCCCCCCCCC[N+](CCC)(CCCCCCCCCC)CCCCCCCCCC. The summed E-state index contributed by atoms with van der Waals surface area (Å²) in [4.78, 5) is 0. The molecule has 0 aromatic rings. The van der Waals surface area contributed by atoms with E-state index in [0.29, 0.717) is 0 Å². The van der Waals surface area contributed by atoms with E-state index in [0.717, 1.165) is 0 Å². The summed E-state index contributed by atoms with van der Waals surface area (Å²) in [6, 6.07) is 0. The fourth-order valence-corrected chi connectivity index (χ4v) is 5.89. The number of hydrogen-bond acceptors (Lipinski definition) is 0. The van der Waals surface area contributed by atoms with Gasteiger partial charge in [-0.05, 0) is 44.9 Å². The zero-order valence-electron chi connectivity index (χ0n) is 25.0. The highest BCUT2D eigenvalue weighted by atomic mass is 15.3. The first kappa shape index (κ1) is 34.0. The van der Waals surface area contributed by atoms with E-state index in [1.165, 1.54) is 191 Å². The molecule has 0 saturated heterocycles. The molecule has 0 radical (unpaired) electrons. The van der Waals surface area contributed by atoms with Crippen molar-refractivity contribution in [3.05, 3.63) is 0 Å². The van der Waals surface area contributed by atoms with Crippen LogP contribution in [0.25, 0.3) is 0 Å². The van der Waals surface area contributed by atoms with E-state index >= 15 is 0 Å². The minimum atomic E-state index is 1.37. The first-order valence-corrected chi connectivity index (χ1v) is 16.6. The summed E-state index contributed by atoms with van der Waals surface area (Å²) in [5, 5.41) is 0. The molecule has 0 saturated carbocycles. The van der Waals surface area contributed by atoms with Crippen LogP contribution < -0.4 is 0 Å². The van der Waals surface area contributed by atoms with Crippen LogP contribution in [-0.2, 0) is 0 Å². The van der Waals surface area contributed by atoms with E-state index in [9.17, 15) is 0 Å². The van der Waals surface area contributed by atoms with Crippen LogP contribution in [0.2, 0.25) is 0 Å². The van der Waals surface area contributed by atoms with Crippen LogP contribution in [0.5, 0.6) is 0 Å². The van der Waals surface area contributed by atoms with Gasteiger partial charge in [-0.2, -0.15) is 0 Å². The Bertz CT molecular complexity index is 313. The molecule has 0 heterocycles. The highest BCUT2D eigenvalue weighted by Gasteiger charge is 2.25. The van der Waals surface area contributed by atoms with Gasteiger partial charge in [-0.15, -0.1) is 0 Å². The summed E-state index contributed by atoms with van der Waals surface area (Å²) in [5.41, 5.74) is 0. The average molecular weight is 481 g/mol. The summed E-state index contributed by atoms with van der Waals surface area (Å²) in [7, 11) is 0. The van der Waals surface area contributed by atoms with Gasteiger partial charge < -0.3 is 4.48 Å². The van der Waals surface area contributed by atoms with Gasteiger partial charge in [-0.3, -0.25) is 0 Å². The zero-order chi connectivity index (χ0) is 25.0. The lowest BCUT2D eigenvalue weighted by atomic mass is 10.0. The second kappa shape index (κ2) is 27.5. The lowest BCUT2D eigenvalue weighted by Gasteiger charge is -2.39. The molecule has 0 unspecified atom stereocenters. The van der Waals surface area contributed by atoms with Gasteiger partial charge in [0.2, 0.25) is 0 Å². The Morgan fingerprint density at radius 2 is 0.471 bits per heavy atom. The highest BCUT2D eigenvalue weighted by molar-refractivity contribution is 4.54. The average Bonchev–Trinajstić information content (AvgIpc) is 2.84. The molecule has 0 amide bonds. The maximum Gasteiger partial charge on any atom is 0.0786 e. The van der Waals surface area contributed by atoms with Gasteiger partial charge in [0.1, 0.15) is 0 Å². The predicted molar refractivity (Wildman–Crippen MR) is 158 cm³/mol. The molecule has 0 bridgehead atoms. The third kappa shape index (κ3) is 22.4. The van der Waals surface area contributed by atoms with Crippen molar-refractivity contribution < 1.29 is 4.48 Å². The van der Waals surface area contributed by atoms with Crippen LogP contribution in [0.15, 0.2) is 0 Å². The van der Waals surface area contributed by atoms with Crippen LogP contribution in [0.4, 0.5) is 0 Å². The number of rotatable bonds is 29. The number of nitrogens with zero attached hydrogens (tertiary/aromatic N) is 1. The number of unbranched alkanes of at least 4 members (excludes halogenated alkanes) is 21. The Morgan fingerprint density at radius 1 is 0.235 bits per heavy atom. The topological polar surface area (TPSA) is 0 Å². The largest absolute Gasteiger partial charge is 0.324 e. The van der Waals surface area contributed by atoms with Gasteiger partial charge in [0.15, 0.2) is 0 Å². The first-order chi connectivity index (χ1) is 16.7. The fraction of sp³-hybridized carbons (Fsp3) is 1.00. The van der Waals surface area contributed by atoms with Gasteiger partial charge in [0.25, 0.3) is 0 Å². The summed E-state index contributed by atoms with van der Waals surface area (Å²) in [6.45, 7) is 15.2. The van der Waals surface area contributed by atoms with Gasteiger partial charge in [0.05, 0.1) is 26.2 Å². The van der Waals surface area contributed by atoms with Crippen molar-refractivity contribution in [2.45, 2.75) is 188 Å². The fourth-order valence-electron chi connectivity index (χ4n) is 5.89. The van der Waals surface area contributed by atoms with Crippen molar-refractivity contribution in [2.75, 3.05) is 26.2 Å². The Labute approximate surface area is 218 Å². The van der Waals surface area contributed by atoms with Crippen LogP contribution in [0.1, 0.15) is 188 Å². The van der Waals surface area contributed by atoms with Gasteiger partial charge >= 0.3 is 0 Å². The summed E-state index contributed by atoms with van der Waals surface area (Å²) in [6.07, 6.45) is 36.3. The third-order valence-electron chi connectivity index (χ3n) is 8.16. The summed E-state index contributed by atoms with van der Waals surface area (Å²) >= 11 is 0. The molecular weight excluding hydrogens is 410 g/mol. The van der Waals surface area contributed by atoms with Gasteiger partial charge in [0, 0.05) is 0 Å². The van der Waals surface area contributed by atoms with Crippen molar-refractivity contribution in [3.63, 3.8) is 0 Å². The zero-order valence-corrected chi connectivity index (χ0v) is 25.0. The quantitative estimate of drug-likeness (QED) is 0.0737. The lowest BCUT2D eigenvalue weighted by Crippen LogP contribution is -2.50. The second-order valence-corrected chi connectivity index (χ2v) is 11.7. The Kier molecular flexibility index (Phi) is 27.5. The molecule has 34 heavy (non-hydrogen) atoms. The van der Waals surface area contributed by atoms with Crippen molar-refractivity contribution >= 4 is 0 Å². The van der Waals surface area contributed by atoms with Crippen LogP contribution in [0, 0.1) is 0 Å². The number of hydrogen-bond donors (Lipinski definition) is 0. The van der Waals surface area contributed by atoms with E-state index in [1.54, 1.807) is 0 Å². The molecule has 0 N–H and O–H groups in total. The van der Waals surface area contributed by atoms with E-state index in [1.807, 2.05) is 0 Å². The molecule has 0 fully saturated rings. The molecule has 1 nitrogen and oxygen atoms in total. The summed E-state index contributed by atoms with van der Waals surface area (Å²) in [5.74, 6) is 0. The van der Waals surface area contributed by atoms with E-state index in [-0.39, 0.29) is 0 Å². The molecule has 206 valence electrons. The van der Waals surface area contributed by atoms with Crippen molar-refractivity contribution in [1.82, 2.24) is 0 Å². The second-order valence-electron chi connectivity index (χ2n) is 11.7. The maximum absolute atomic E-state index is 2.43. The maximum atomic E-state index is 2.43. The van der Waals surface area contributed by atoms with Crippen molar-refractivity contribution in [3.8, 4) is 0 Å². The predicted octanol–water partition coefficient (Wildman–Crippen LogP) is 11.6. The minimum Gasteiger partial charge on any atom is -0.324 e. The molecule has 0 aromatic heterocycles. The standard InChI is InChI=1S/C33H70N/c1-5-9-12-15-18-21-24-27-31-34(30-8-4,32-28-25-22-19-16-13-10-6-2)33-29-26-23-20-17-14-11-7-3/h5-33H2,1-4H3/q+1. The Hall–Kier alpha value is -0.0400. The number of quaternary nitrogens is 1. The molecule has 0 aliphatic carbocycles. The molecule has 0 aliphatic heterocycles. The molecule has 0 rings (SSSR count). The first-order valence-electron chi connectivity index (χ1n) is 16.6. The Morgan fingerprint density at radius 3 is 0.706 bits per heavy atom. The lowest BCUT2D eigenvalue weighted by molar-refractivity contribution is -0.929. The normalized spacial score (nSPS) is 12.0. The van der Waals surface area contributed by atoms with Crippen molar-refractivity contribution in [2.24, 2.45) is 0 Å². The highest BCUT2D eigenvalue weighted by Crippen LogP contribution is 2.20. The van der Waals surface area contributed by atoms with Crippen molar-refractivity contribution in [1.29, 1.82) is 0 Å². The van der Waals surface area contributed by atoms with Crippen LogP contribution in [0.3, 0.4) is 0 Å². The molecule has 0 aliphatic rings. The van der Waals surface area contributed by atoms with Gasteiger partial charge in [-0.25, -0.2) is 0 Å². The van der Waals surface area contributed by atoms with E-state index in [4.69, 9.17) is 0 Å². The Balaban J connectivity index is 4.38. The molecular formula is C33H70N+. The smallest absolute Gasteiger partial charge is 0.0786 e. The third-order valence-corrected chi connectivity index (χ3v) is 8.16. The molecule has 0 aromatic carbocycles. The monoisotopic (exact) mass is 481 g/mol. The van der Waals surface area contributed by atoms with Crippen LogP contribution >= 0.6 is 0 Å². The van der Waals surface area contributed by atoms with E-state index < -0.39 is 0 Å². The van der Waals surface area contributed by atoms with Crippen LogP contribution in [-0.4, -0.2) is 30.7 Å². The minimum absolute atomic E-state index is 1.37. The summed E-state index contributed by atoms with van der Waals surface area (Å²) < 4.78 is 1.46. The molecule has 1 heteroatoms. The molecule has 0 spiro atoms.